The monoisotopic (exact) mass is 254 g/mol. The van der Waals surface area contributed by atoms with Gasteiger partial charge in [-0.2, -0.15) is 0 Å². The van der Waals surface area contributed by atoms with Crippen molar-refractivity contribution in [2.45, 2.75) is 70.6 Å². The Labute approximate surface area is 112 Å². The number of aliphatic hydroxyl groups is 1. The van der Waals surface area contributed by atoms with E-state index in [1.807, 2.05) is 6.92 Å². The Hall–Kier alpha value is -0.120. The van der Waals surface area contributed by atoms with Crippen molar-refractivity contribution < 1.29 is 5.11 Å². The van der Waals surface area contributed by atoms with Gasteiger partial charge in [-0.05, 0) is 64.5 Å². The van der Waals surface area contributed by atoms with Crippen LogP contribution in [0.5, 0.6) is 0 Å². The first kappa shape index (κ1) is 14.3. The fourth-order valence-corrected chi connectivity index (χ4v) is 3.53. The topological polar surface area (TPSA) is 35.5 Å². The van der Waals surface area contributed by atoms with E-state index in [2.05, 4.69) is 17.1 Å². The van der Waals surface area contributed by atoms with Crippen molar-refractivity contribution in [2.24, 2.45) is 5.92 Å². The van der Waals surface area contributed by atoms with Crippen LogP contribution < -0.4 is 5.32 Å². The van der Waals surface area contributed by atoms with Gasteiger partial charge in [-0.1, -0.05) is 6.92 Å². The molecule has 1 saturated carbocycles. The molecule has 3 nitrogen and oxygen atoms in total. The van der Waals surface area contributed by atoms with Crippen molar-refractivity contribution in [3.8, 4) is 0 Å². The summed E-state index contributed by atoms with van der Waals surface area (Å²) in [6, 6.07) is 1.55. The number of likely N-dealkylation sites (tertiary alicyclic amines) is 1. The largest absolute Gasteiger partial charge is 0.393 e. The quantitative estimate of drug-likeness (QED) is 0.788. The Morgan fingerprint density at radius 1 is 1.22 bits per heavy atom. The maximum Gasteiger partial charge on any atom is 0.0552 e. The minimum absolute atomic E-state index is 0.127. The van der Waals surface area contributed by atoms with Crippen molar-refractivity contribution in [3.05, 3.63) is 0 Å². The zero-order chi connectivity index (χ0) is 13.0. The van der Waals surface area contributed by atoms with Crippen molar-refractivity contribution in [1.82, 2.24) is 10.2 Å². The minimum atomic E-state index is -0.127. The second-order valence-electron chi connectivity index (χ2n) is 6.24. The van der Waals surface area contributed by atoms with E-state index in [9.17, 15) is 5.11 Å². The van der Waals surface area contributed by atoms with E-state index >= 15 is 0 Å². The first-order valence-electron chi connectivity index (χ1n) is 7.86. The van der Waals surface area contributed by atoms with Gasteiger partial charge in [0.25, 0.3) is 0 Å². The average molecular weight is 254 g/mol. The maximum absolute atomic E-state index is 9.67. The van der Waals surface area contributed by atoms with Gasteiger partial charge in [0.2, 0.25) is 0 Å². The molecule has 0 aromatic carbocycles. The molecule has 0 radical (unpaired) electrons. The van der Waals surface area contributed by atoms with E-state index in [4.69, 9.17) is 0 Å². The molecule has 2 aliphatic rings. The highest BCUT2D eigenvalue weighted by Crippen LogP contribution is 2.29. The lowest BCUT2D eigenvalue weighted by Gasteiger charge is -2.35. The van der Waals surface area contributed by atoms with Crippen LogP contribution in [0.2, 0.25) is 0 Å². The highest BCUT2D eigenvalue weighted by Gasteiger charge is 2.32. The predicted octanol–water partition coefficient (Wildman–Crippen LogP) is 2.00. The normalized spacial score (nSPS) is 35.8. The van der Waals surface area contributed by atoms with Crippen molar-refractivity contribution in [3.63, 3.8) is 0 Å². The number of hydrogen-bond donors (Lipinski definition) is 2. The molecule has 2 N–H and O–H groups in total. The highest BCUT2D eigenvalue weighted by atomic mass is 16.3. The zero-order valence-corrected chi connectivity index (χ0v) is 12.1. The van der Waals surface area contributed by atoms with E-state index in [0.717, 1.165) is 18.6 Å². The lowest BCUT2D eigenvalue weighted by Crippen LogP contribution is -2.42. The molecule has 0 bridgehead atoms. The SMILES string of the molecule is CCCNC1CCC(N2CCC(C(C)O)C2)CC1. The molecule has 1 saturated heterocycles. The zero-order valence-electron chi connectivity index (χ0n) is 12.1. The van der Waals surface area contributed by atoms with E-state index in [0.29, 0.717) is 5.92 Å². The molecule has 1 heterocycles. The fourth-order valence-electron chi connectivity index (χ4n) is 3.53. The van der Waals surface area contributed by atoms with Gasteiger partial charge < -0.3 is 15.3 Å². The predicted molar refractivity (Wildman–Crippen MR) is 75.7 cm³/mol. The molecule has 106 valence electrons. The van der Waals surface area contributed by atoms with Crippen molar-refractivity contribution in [1.29, 1.82) is 0 Å². The van der Waals surface area contributed by atoms with Crippen LogP contribution >= 0.6 is 0 Å². The van der Waals surface area contributed by atoms with Crippen LogP contribution in [-0.4, -0.2) is 47.8 Å². The minimum Gasteiger partial charge on any atom is -0.393 e. The van der Waals surface area contributed by atoms with Crippen molar-refractivity contribution >= 4 is 0 Å². The average Bonchev–Trinajstić information content (AvgIpc) is 2.87. The van der Waals surface area contributed by atoms with Crippen LogP contribution in [-0.2, 0) is 0 Å². The molecule has 3 heteroatoms. The van der Waals surface area contributed by atoms with Crippen LogP contribution in [0.1, 0.15) is 52.4 Å². The summed E-state index contributed by atoms with van der Waals surface area (Å²) in [5.74, 6) is 0.515. The molecular formula is C15H30N2O. The number of aliphatic hydroxyl groups excluding tert-OH is 1. The standard InChI is InChI=1S/C15H30N2O/c1-3-9-16-14-4-6-15(7-5-14)17-10-8-13(11-17)12(2)18/h12-16,18H,3-11H2,1-2H3. The fraction of sp³-hybridized carbons (Fsp3) is 1.00. The first-order valence-corrected chi connectivity index (χ1v) is 7.86. The van der Waals surface area contributed by atoms with Crippen LogP contribution in [0.4, 0.5) is 0 Å². The maximum atomic E-state index is 9.67. The van der Waals surface area contributed by atoms with Gasteiger partial charge in [-0.3, -0.25) is 0 Å². The highest BCUT2D eigenvalue weighted by molar-refractivity contribution is 4.88. The van der Waals surface area contributed by atoms with Gasteiger partial charge in [-0.25, -0.2) is 0 Å². The second-order valence-corrected chi connectivity index (χ2v) is 6.24. The number of rotatable bonds is 5. The third kappa shape index (κ3) is 3.69. The second kappa shape index (κ2) is 6.88. The molecular weight excluding hydrogens is 224 g/mol. The summed E-state index contributed by atoms with van der Waals surface area (Å²) in [6.45, 7) is 7.67. The summed E-state index contributed by atoms with van der Waals surface area (Å²) >= 11 is 0. The molecule has 1 aliphatic carbocycles. The molecule has 0 amide bonds. The Kier molecular flexibility index (Phi) is 5.46. The molecule has 2 fully saturated rings. The summed E-state index contributed by atoms with van der Waals surface area (Å²) < 4.78 is 0. The van der Waals surface area contributed by atoms with Gasteiger partial charge in [0, 0.05) is 18.6 Å². The van der Waals surface area contributed by atoms with Crippen LogP contribution in [0, 0.1) is 5.92 Å². The van der Waals surface area contributed by atoms with E-state index in [1.54, 1.807) is 0 Å². The molecule has 0 aromatic rings. The van der Waals surface area contributed by atoms with Gasteiger partial charge in [0.1, 0.15) is 0 Å². The lowest BCUT2D eigenvalue weighted by atomic mass is 9.90. The third-order valence-electron chi connectivity index (χ3n) is 4.83. The Bertz CT molecular complexity index is 237. The first-order chi connectivity index (χ1) is 8.70. The molecule has 18 heavy (non-hydrogen) atoms. The Morgan fingerprint density at radius 2 is 1.94 bits per heavy atom. The molecule has 2 rings (SSSR count). The number of nitrogens with one attached hydrogen (secondary N) is 1. The molecule has 2 unspecified atom stereocenters. The van der Waals surface area contributed by atoms with Crippen LogP contribution in [0.3, 0.4) is 0 Å². The Morgan fingerprint density at radius 3 is 2.50 bits per heavy atom. The lowest BCUT2D eigenvalue weighted by molar-refractivity contribution is 0.113. The molecule has 0 spiro atoms. The number of nitrogens with zero attached hydrogens (tertiary/aromatic N) is 1. The summed E-state index contributed by atoms with van der Waals surface area (Å²) in [5, 5.41) is 13.3. The van der Waals surface area contributed by atoms with Crippen LogP contribution in [0.15, 0.2) is 0 Å². The number of hydrogen-bond acceptors (Lipinski definition) is 3. The summed E-state index contributed by atoms with van der Waals surface area (Å²) in [4.78, 5) is 2.63. The molecule has 2 atom stereocenters. The smallest absolute Gasteiger partial charge is 0.0552 e. The van der Waals surface area contributed by atoms with E-state index < -0.39 is 0 Å². The van der Waals surface area contributed by atoms with E-state index in [1.165, 1.54) is 51.6 Å². The van der Waals surface area contributed by atoms with Crippen LogP contribution in [0.25, 0.3) is 0 Å². The van der Waals surface area contributed by atoms with Gasteiger partial charge in [-0.15, -0.1) is 0 Å². The summed E-state index contributed by atoms with van der Waals surface area (Å²) in [5.41, 5.74) is 0. The van der Waals surface area contributed by atoms with E-state index in [-0.39, 0.29) is 6.10 Å². The van der Waals surface area contributed by atoms with Gasteiger partial charge in [0.05, 0.1) is 6.10 Å². The van der Waals surface area contributed by atoms with Gasteiger partial charge in [0.15, 0.2) is 0 Å². The van der Waals surface area contributed by atoms with Gasteiger partial charge >= 0.3 is 0 Å². The van der Waals surface area contributed by atoms with Crippen molar-refractivity contribution in [2.75, 3.05) is 19.6 Å². The summed E-state index contributed by atoms with van der Waals surface area (Å²) in [6.07, 6.45) is 7.65. The summed E-state index contributed by atoms with van der Waals surface area (Å²) in [7, 11) is 0. The molecule has 0 aromatic heterocycles. The third-order valence-corrected chi connectivity index (χ3v) is 4.83. The molecule has 1 aliphatic heterocycles. The Balaban J connectivity index is 1.70.